The number of hydrogen-bond donors (Lipinski definition) is 1. The van der Waals surface area contributed by atoms with E-state index in [1.807, 2.05) is 6.92 Å². The minimum Gasteiger partial charge on any atom is -0.383 e. The number of amides is 2. The van der Waals surface area contributed by atoms with Gasteiger partial charge in [-0.25, -0.2) is 0 Å². The molecule has 1 unspecified atom stereocenters. The highest BCUT2D eigenvalue weighted by atomic mass is 16.5. The van der Waals surface area contributed by atoms with Crippen LogP contribution in [0.15, 0.2) is 0 Å². The Kier molecular flexibility index (Phi) is 5.75. The Labute approximate surface area is 114 Å². The van der Waals surface area contributed by atoms with Gasteiger partial charge in [-0.15, -0.1) is 0 Å². The Balaban J connectivity index is 2.56. The molecule has 0 saturated carbocycles. The van der Waals surface area contributed by atoms with Gasteiger partial charge in [-0.05, 0) is 13.3 Å². The lowest BCUT2D eigenvalue weighted by molar-refractivity contribution is -0.148. The SMILES string of the molecule is CCCC(C)(N)C(=O)N1CCN(CCOC)C(=O)C1. The van der Waals surface area contributed by atoms with E-state index in [2.05, 4.69) is 0 Å². The molecule has 0 aromatic carbocycles. The molecule has 0 bridgehead atoms. The van der Waals surface area contributed by atoms with E-state index in [4.69, 9.17) is 10.5 Å². The third-order valence-electron chi connectivity index (χ3n) is 3.43. The highest BCUT2D eigenvalue weighted by molar-refractivity contribution is 5.90. The smallest absolute Gasteiger partial charge is 0.242 e. The number of nitrogens with zero attached hydrogens (tertiary/aromatic N) is 2. The number of nitrogens with two attached hydrogens (primary N) is 1. The lowest BCUT2D eigenvalue weighted by atomic mass is 9.95. The molecule has 110 valence electrons. The lowest BCUT2D eigenvalue weighted by Gasteiger charge is -2.37. The molecule has 1 aliphatic heterocycles. The second kappa shape index (κ2) is 6.86. The van der Waals surface area contributed by atoms with E-state index in [9.17, 15) is 9.59 Å². The van der Waals surface area contributed by atoms with Crippen LogP contribution in [0.5, 0.6) is 0 Å². The third kappa shape index (κ3) is 4.18. The van der Waals surface area contributed by atoms with Crippen LogP contribution in [0.25, 0.3) is 0 Å². The van der Waals surface area contributed by atoms with Gasteiger partial charge in [-0.1, -0.05) is 13.3 Å². The summed E-state index contributed by atoms with van der Waals surface area (Å²) in [5.74, 6) is -0.168. The van der Waals surface area contributed by atoms with Gasteiger partial charge in [-0.3, -0.25) is 9.59 Å². The summed E-state index contributed by atoms with van der Waals surface area (Å²) in [5, 5.41) is 0. The molecule has 1 rings (SSSR count). The number of carbonyl (C=O) groups excluding carboxylic acids is 2. The number of rotatable bonds is 6. The summed E-state index contributed by atoms with van der Waals surface area (Å²) >= 11 is 0. The number of methoxy groups -OCH3 is 1. The number of carbonyl (C=O) groups is 2. The van der Waals surface area contributed by atoms with Gasteiger partial charge in [0, 0.05) is 26.7 Å². The fourth-order valence-electron chi connectivity index (χ4n) is 2.31. The third-order valence-corrected chi connectivity index (χ3v) is 3.43. The fourth-order valence-corrected chi connectivity index (χ4v) is 2.31. The van der Waals surface area contributed by atoms with Gasteiger partial charge in [0.25, 0.3) is 0 Å². The number of piperazine rings is 1. The maximum absolute atomic E-state index is 12.3. The van der Waals surface area contributed by atoms with Crippen LogP contribution < -0.4 is 5.73 Å². The average molecular weight is 271 g/mol. The molecule has 0 aromatic heterocycles. The molecule has 2 N–H and O–H groups in total. The lowest BCUT2D eigenvalue weighted by Crippen LogP contribution is -2.60. The maximum Gasteiger partial charge on any atom is 0.242 e. The largest absolute Gasteiger partial charge is 0.383 e. The highest BCUT2D eigenvalue weighted by Gasteiger charge is 2.35. The summed E-state index contributed by atoms with van der Waals surface area (Å²) in [6.45, 7) is 6.04. The van der Waals surface area contributed by atoms with Gasteiger partial charge in [-0.2, -0.15) is 0 Å². The zero-order valence-corrected chi connectivity index (χ0v) is 12.1. The Morgan fingerprint density at radius 2 is 2.16 bits per heavy atom. The molecule has 0 radical (unpaired) electrons. The van der Waals surface area contributed by atoms with E-state index >= 15 is 0 Å². The minimum absolute atomic E-state index is 0.0380. The average Bonchev–Trinajstić information content (AvgIpc) is 2.36. The summed E-state index contributed by atoms with van der Waals surface area (Å²) in [7, 11) is 1.61. The first kappa shape index (κ1) is 15.9. The van der Waals surface area contributed by atoms with Crippen molar-refractivity contribution >= 4 is 11.8 Å². The van der Waals surface area contributed by atoms with Gasteiger partial charge in [0.15, 0.2) is 0 Å². The van der Waals surface area contributed by atoms with E-state index in [0.29, 0.717) is 32.7 Å². The number of ether oxygens (including phenoxy) is 1. The van der Waals surface area contributed by atoms with Crippen LogP contribution in [0.3, 0.4) is 0 Å². The Hall–Kier alpha value is -1.14. The van der Waals surface area contributed by atoms with Crippen LogP contribution in [0, 0.1) is 0 Å². The molecule has 0 spiro atoms. The summed E-state index contributed by atoms with van der Waals surface area (Å²) in [4.78, 5) is 27.5. The maximum atomic E-state index is 12.3. The van der Waals surface area contributed by atoms with E-state index in [1.165, 1.54) is 0 Å². The zero-order chi connectivity index (χ0) is 14.5. The first-order valence-electron chi connectivity index (χ1n) is 6.77. The van der Waals surface area contributed by atoms with Crippen molar-refractivity contribution in [3.63, 3.8) is 0 Å². The van der Waals surface area contributed by atoms with Crippen molar-refractivity contribution in [1.29, 1.82) is 0 Å². The molecule has 1 saturated heterocycles. The molecule has 1 atom stereocenters. The molecule has 1 fully saturated rings. The van der Waals surface area contributed by atoms with Crippen LogP contribution in [0.2, 0.25) is 0 Å². The molecule has 2 amide bonds. The van der Waals surface area contributed by atoms with Crippen LogP contribution in [-0.2, 0) is 14.3 Å². The van der Waals surface area contributed by atoms with Crippen molar-refractivity contribution in [2.24, 2.45) is 5.73 Å². The topological polar surface area (TPSA) is 75.9 Å². The van der Waals surface area contributed by atoms with Gasteiger partial charge in [0.2, 0.25) is 11.8 Å². The van der Waals surface area contributed by atoms with Crippen molar-refractivity contribution in [3.05, 3.63) is 0 Å². The molecular weight excluding hydrogens is 246 g/mol. The Morgan fingerprint density at radius 3 is 2.68 bits per heavy atom. The first-order chi connectivity index (χ1) is 8.92. The van der Waals surface area contributed by atoms with Gasteiger partial charge in [0.05, 0.1) is 18.7 Å². The monoisotopic (exact) mass is 271 g/mol. The second-order valence-electron chi connectivity index (χ2n) is 5.27. The minimum atomic E-state index is -0.871. The van der Waals surface area contributed by atoms with Crippen LogP contribution in [0.4, 0.5) is 0 Å². The standard InChI is InChI=1S/C13H25N3O3/c1-4-5-13(2,14)12(18)16-7-6-15(8-9-19-3)11(17)10-16/h4-10,14H2,1-3H3. The van der Waals surface area contributed by atoms with Gasteiger partial charge in [0.1, 0.15) is 0 Å². The van der Waals surface area contributed by atoms with Crippen molar-refractivity contribution in [2.45, 2.75) is 32.2 Å². The summed E-state index contributed by atoms with van der Waals surface area (Å²) < 4.78 is 4.96. The normalized spacial score (nSPS) is 19.5. The zero-order valence-electron chi connectivity index (χ0n) is 12.1. The van der Waals surface area contributed by atoms with E-state index in [1.54, 1.807) is 23.8 Å². The first-order valence-corrected chi connectivity index (χ1v) is 6.77. The summed E-state index contributed by atoms with van der Waals surface area (Å²) in [6.07, 6.45) is 1.48. The van der Waals surface area contributed by atoms with E-state index in [-0.39, 0.29) is 18.4 Å². The van der Waals surface area contributed by atoms with Crippen LogP contribution >= 0.6 is 0 Å². The van der Waals surface area contributed by atoms with Crippen molar-refractivity contribution < 1.29 is 14.3 Å². The molecule has 0 aliphatic carbocycles. The molecule has 1 aliphatic rings. The van der Waals surface area contributed by atoms with Crippen molar-refractivity contribution in [2.75, 3.05) is 39.9 Å². The Bertz CT molecular complexity index is 331. The summed E-state index contributed by atoms with van der Waals surface area (Å²) in [6, 6.07) is 0. The van der Waals surface area contributed by atoms with E-state index in [0.717, 1.165) is 6.42 Å². The molecule has 6 heteroatoms. The molecule has 6 nitrogen and oxygen atoms in total. The Morgan fingerprint density at radius 1 is 1.47 bits per heavy atom. The molecule has 1 heterocycles. The molecule has 0 aromatic rings. The van der Waals surface area contributed by atoms with Crippen LogP contribution in [-0.4, -0.2) is 67.0 Å². The second-order valence-corrected chi connectivity index (χ2v) is 5.27. The van der Waals surface area contributed by atoms with Gasteiger partial charge >= 0.3 is 0 Å². The molecule has 19 heavy (non-hydrogen) atoms. The summed E-state index contributed by atoms with van der Waals surface area (Å²) in [5.41, 5.74) is 5.15. The van der Waals surface area contributed by atoms with Crippen molar-refractivity contribution in [1.82, 2.24) is 9.80 Å². The van der Waals surface area contributed by atoms with Crippen LogP contribution in [0.1, 0.15) is 26.7 Å². The van der Waals surface area contributed by atoms with Gasteiger partial charge < -0.3 is 20.3 Å². The predicted octanol–water partition coefficient (Wildman–Crippen LogP) is -0.179. The van der Waals surface area contributed by atoms with E-state index < -0.39 is 5.54 Å². The number of hydrogen-bond acceptors (Lipinski definition) is 4. The van der Waals surface area contributed by atoms with Crippen molar-refractivity contribution in [3.8, 4) is 0 Å². The highest BCUT2D eigenvalue weighted by Crippen LogP contribution is 2.15. The fraction of sp³-hybridized carbons (Fsp3) is 0.846. The molecular formula is C13H25N3O3. The predicted molar refractivity (Wildman–Crippen MR) is 72.5 cm³/mol. The quantitative estimate of drug-likeness (QED) is 0.727.